The molecule has 0 aliphatic carbocycles. The van der Waals surface area contributed by atoms with E-state index in [1.165, 1.54) is 6.07 Å². The molecule has 0 saturated carbocycles. The van der Waals surface area contributed by atoms with Crippen molar-refractivity contribution in [1.82, 2.24) is 0 Å². The van der Waals surface area contributed by atoms with Crippen LogP contribution in [0.1, 0.15) is 5.56 Å². The highest BCUT2D eigenvalue weighted by atomic mass is 19.1. The van der Waals surface area contributed by atoms with Gasteiger partial charge in [-0.2, -0.15) is 0 Å². The minimum Gasteiger partial charge on any atom is -0.370 e. The van der Waals surface area contributed by atoms with Crippen molar-refractivity contribution >= 4 is 11.6 Å². The highest BCUT2D eigenvalue weighted by Gasteiger charge is 1.99. The van der Waals surface area contributed by atoms with E-state index in [2.05, 4.69) is 10.3 Å². The van der Waals surface area contributed by atoms with Crippen LogP contribution in [0, 0.1) is 5.82 Å². The molecule has 0 saturated heterocycles. The lowest BCUT2D eigenvalue weighted by molar-refractivity contribution is 0.611. The standard InChI is InChI=1S/C14H14FN3/c15-13-9-5-4-6-11(13)10-17-14(16)18-12-7-2-1-3-8-12/h1-9H,10H2,(H3,16,17,18). The molecule has 0 heterocycles. The van der Waals surface area contributed by atoms with Crippen LogP contribution in [0.3, 0.4) is 0 Å². The maximum atomic E-state index is 13.3. The van der Waals surface area contributed by atoms with Gasteiger partial charge in [0.15, 0.2) is 5.96 Å². The van der Waals surface area contributed by atoms with Gasteiger partial charge in [0.05, 0.1) is 6.54 Å². The molecule has 0 radical (unpaired) electrons. The summed E-state index contributed by atoms with van der Waals surface area (Å²) in [7, 11) is 0. The minimum atomic E-state index is -0.270. The van der Waals surface area contributed by atoms with Crippen LogP contribution in [-0.4, -0.2) is 5.96 Å². The Labute approximate surface area is 105 Å². The van der Waals surface area contributed by atoms with Gasteiger partial charge in [-0.15, -0.1) is 0 Å². The fourth-order valence-corrected chi connectivity index (χ4v) is 1.51. The monoisotopic (exact) mass is 243 g/mol. The molecule has 0 aliphatic heterocycles. The molecule has 0 unspecified atom stereocenters. The summed E-state index contributed by atoms with van der Waals surface area (Å²) in [4.78, 5) is 4.09. The van der Waals surface area contributed by atoms with Gasteiger partial charge in [0.1, 0.15) is 5.82 Å². The zero-order chi connectivity index (χ0) is 12.8. The van der Waals surface area contributed by atoms with Crippen molar-refractivity contribution in [2.75, 3.05) is 5.32 Å². The van der Waals surface area contributed by atoms with E-state index in [0.29, 0.717) is 5.56 Å². The lowest BCUT2D eigenvalue weighted by atomic mass is 10.2. The van der Waals surface area contributed by atoms with Crippen molar-refractivity contribution in [2.24, 2.45) is 10.7 Å². The molecule has 2 aromatic rings. The summed E-state index contributed by atoms with van der Waals surface area (Å²) in [6.07, 6.45) is 0. The second-order valence-corrected chi connectivity index (χ2v) is 3.78. The molecule has 0 aliphatic rings. The number of nitrogens with one attached hydrogen (secondary N) is 1. The van der Waals surface area contributed by atoms with Crippen LogP contribution in [-0.2, 0) is 6.54 Å². The number of halogens is 1. The SMILES string of the molecule is NC(=NCc1ccccc1F)Nc1ccccc1. The summed E-state index contributed by atoms with van der Waals surface area (Å²) in [6, 6.07) is 16.0. The Balaban J connectivity index is 2.00. The van der Waals surface area contributed by atoms with E-state index in [-0.39, 0.29) is 18.3 Å². The highest BCUT2D eigenvalue weighted by molar-refractivity contribution is 5.92. The number of benzene rings is 2. The Morgan fingerprint density at radius 1 is 1.06 bits per heavy atom. The molecular weight excluding hydrogens is 229 g/mol. The molecule has 0 spiro atoms. The largest absolute Gasteiger partial charge is 0.370 e. The summed E-state index contributed by atoms with van der Waals surface area (Å²) in [5.41, 5.74) is 7.10. The number of hydrogen-bond donors (Lipinski definition) is 2. The van der Waals surface area contributed by atoms with E-state index in [1.54, 1.807) is 18.2 Å². The first kappa shape index (κ1) is 12.1. The average Bonchev–Trinajstić information content (AvgIpc) is 2.39. The first-order chi connectivity index (χ1) is 8.75. The summed E-state index contributed by atoms with van der Waals surface area (Å²) < 4.78 is 13.3. The Morgan fingerprint density at radius 3 is 2.44 bits per heavy atom. The summed E-state index contributed by atoms with van der Waals surface area (Å²) in [5.74, 6) is -0.00165. The van der Waals surface area contributed by atoms with Crippen molar-refractivity contribution in [3.8, 4) is 0 Å². The minimum absolute atomic E-state index is 0.221. The smallest absolute Gasteiger partial charge is 0.193 e. The predicted octanol–water partition coefficient (Wildman–Crippen LogP) is 2.75. The third kappa shape index (κ3) is 3.31. The van der Waals surface area contributed by atoms with Crippen LogP contribution in [0.5, 0.6) is 0 Å². The second-order valence-electron chi connectivity index (χ2n) is 3.78. The lowest BCUT2D eigenvalue weighted by Crippen LogP contribution is -2.22. The maximum Gasteiger partial charge on any atom is 0.193 e. The molecule has 2 aromatic carbocycles. The third-order valence-corrected chi connectivity index (χ3v) is 2.42. The normalized spacial score (nSPS) is 11.3. The molecule has 0 bridgehead atoms. The van der Waals surface area contributed by atoms with Crippen LogP contribution in [0.15, 0.2) is 59.6 Å². The molecule has 3 N–H and O–H groups in total. The molecule has 0 aromatic heterocycles. The van der Waals surface area contributed by atoms with Crippen molar-refractivity contribution in [2.45, 2.75) is 6.54 Å². The Kier molecular flexibility index (Phi) is 3.91. The van der Waals surface area contributed by atoms with Gasteiger partial charge >= 0.3 is 0 Å². The van der Waals surface area contributed by atoms with Gasteiger partial charge in [-0.3, -0.25) is 0 Å². The van der Waals surface area contributed by atoms with Gasteiger partial charge in [-0.05, 0) is 18.2 Å². The number of anilines is 1. The molecular formula is C14H14FN3. The van der Waals surface area contributed by atoms with Gasteiger partial charge in [-0.1, -0.05) is 36.4 Å². The topological polar surface area (TPSA) is 50.4 Å². The second kappa shape index (κ2) is 5.82. The van der Waals surface area contributed by atoms with Crippen LogP contribution in [0.2, 0.25) is 0 Å². The van der Waals surface area contributed by atoms with Crippen LogP contribution < -0.4 is 11.1 Å². The van der Waals surface area contributed by atoms with Gasteiger partial charge in [0, 0.05) is 11.3 Å². The van der Waals surface area contributed by atoms with Crippen molar-refractivity contribution in [3.63, 3.8) is 0 Å². The van der Waals surface area contributed by atoms with Crippen LogP contribution >= 0.6 is 0 Å². The summed E-state index contributed by atoms with van der Waals surface area (Å²) in [6.45, 7) is 0.221. The van der Waals surface area contributed by atoms with Gasteiger partial charge < -0.3 is 11.1 Å². The Hall–Kier alpha value is -2.36. The highest BCUT2D eigenvalue weighted by Crippen LogP contribution is 2.08. The fraction of sp³-hybridized carbons (Fsp3) is 0.0714. The molecule has 0 amide bonds. The molecule has 92 valence electrons. The quantitative estimate of drug-likeness (QED) is 0.643. The molecule has 0 atom stereocenters. The Bertz CT molecular complexity index is 538. The van der Waals surface area contributed by atoms with Gasteiger partial charge in [0.25, 0.3) is 0 Å². The first-order valence-electron chi connectivity index (χ1n) is 5.61. The van der Waals surface area contributed by atoms with Crippen molar-refractivity contribution in [3.05, 3.63) is 66.0 Å². The molecule has 4 heteroatoms. The molecule has 0 fully saturated rings. The molecule has 18 heavy (non-hydrogen) atoms. The fourth-order valence-electron chi connectivity index (χ4n) is 1.51. The number of rotatable bonds is 3. The molecule has 2 rings (SSSR count). The lowest BCUT2D eigenvalue weighted by Gasteiger charge is -2.05. The predicted molar refractivity (Wildman–Crippen MR) is 71.8 cm³/mol. The van der Waals surface area contributed by atoms with E-state index in [9.17, 15) is 4.39 Å². The van der Waals surface area contributed by atoms with E-state index >= 15 is 0 Å². The number of nitrogens with two attached hydrogens (primary N) is 1. The van der Waals surface area contributed by atoms with Crippen LogP contribution in [0.25, 0.3) is 0 Å². The maximum absolute atomic E-state index is 13.3. The van der Waals surface area contributed by atoms with E-state index in [1.807, 2.05) is 30.3 Å². The van der Waals surface area contributed by atoms with E-state index in [4.69, 9.17) is 5.73 Å². The zero-order valence-corrected chi connectivity index (χ0v) is 9.81. The van der Waals surface area contributed by atoms with E-state index < -0.39 is 0 Å². The molecule has 3 nitrogen and oxygen atoms in total. The number of hydrogen-bond acceptors (Lipinski definition) is 1. The van der Waals surface area contributed by atoms with Crippen molar-refractivity contribution in [1.29, 1.82) is 0 Å². The zero-order valence-electron chi connectivity index (χ0n) is 9.81. The average molecular weight is 243 g/mol. The van der Waals surface area contributed by atoms with Gasteiger partial charge in [0.2, 0.25) is 0 Å². The van der Waals surface area contributed by atoms with Crippen molar-refractivity contribution < 1.29 is 4.39 Å². The number of guanidine groups is 1. The number of nitrogens with zero attached hydrogens (tertiary/aromatic N) is 1. The summed E-state index contributed by atoms with van der Waals surface area (Å²) in [5, 5.41) is 2.94. The number of para-hydroxylation sites is 1. The van der Waals surface area contributed by atoms with Crippen LogP contribution in [0.4, 0.5) is 10.1 Å². The van der Waals surface area contributed by atoms with E-state index in [0.717, 1.165) is 5.69 Å². The number of aliphatic imine (C=N–C) groups is 1. The van der Waals surface area contributed by atoms with Gasteiger partial charge in [-0.25, -0.2) is 9.38 Å². The first-order valence-corrected chi connectivity index (χ1v) is 5.61. The third-order valence-electron chi connectivity index (χ3n) is 2.42. The Morgan fingerprint density at radius 2 is 1.72 bits per heavy atom. The summed E-state index contributed by atoms with van der Waals surface area (Å²) >= 11 is 0.